The Morgan fingerprint density at radius 2 is 1.90 bits per heavy atom. The highest BCUT2D eigenvalue weighted by Crippen LogP contribution is 2.33. The molecule has 2 N–H and O–H groups in total. The fraction of sp³-hybridized carbons (Fsp3) is 0.0625. The molecule has 0 amide bonds. The third-order valence-corrected chi connectivity index (χ3v) is 3.19. The summed E-state index contributed by atoms with van der Waals surface area (Å²) >= 11 is 0. The van der Waals surface area contributed by atoms with Crippen LogP contribution in [-0.4, -0.2) is 4.98 Å². The Morgan fingerprint density at radius 3 is 2.75 bits per heavy atom. The maximum absolute atomic E-state index is 14.0. The van der Waals surface area contributed by atoms with E-state index in [2.05, 4.69) is 4.98 Å². The molecule has 0 fully saturated rings. The van der Waals surface area contributed by atoms with Crippen molar-refractivity contribution in [2.75, 3.05) is 5.73 Å². The average molecular weight is 268 g/mol. The monoisotopic (exact) mass is 268 g/mol. The first-order valence-corrected chi connectivity index (χ1v) is 6.22. The minimum Gasteiger partial charge on any atom is -0.454 e. The van der Waals surface area contributed by atoms with Gasteiger partial charge in [-0.1, -0.05) is 12.1 Å². The van der Waals surface area contributed by atoms with Gasteiger partial charge in [-0.25, -0.2) is 4.39 Å². The summed E-state index contributed by atoms with van der Waals surface area (Å²) in [7, 11) is 0. The molecule has 2 aromatic carbocycles. The van der Waals surface area contributed by atoms with Gasteiger partial charge in [-0.15, -0.1) is 0 Å². The Morgan fingerprint density at radius 1 is 1.05 bits per heavy atom. The van der Waals surface area contributed by atoms with Gasteiger partial charge in [0, 0.05) is 28.9 Å². The molecule has 20 heavy (non-hydrogen) atoms. The van der Waals surface area contributed by atoms with Crippen molar-refractivity contribution < 1.29 is 9.13 Å². The summed E-state index contributed by atoms with van der Waals surface area (Å²) in [6, 6.07) is 10.3. The van der Waals surface area contributed by atoms with Crippen LogP contribution in [0.3, 0.4) is 0 Å². The highest BCUT2D eigenvalue weighted by molar-refractivity contribution is 5.96. The Balaban J connectivity index is 2.12. The lowest BCUT2D eigenvalue weighted by Crippen LogP contribution is -1.94. The molecule has 4 heteroatoms. The summed E-state index contributed by atoms with van der Waals surface area (Å²) in [5.74, 6) is 0.369. The van der Waals surface area contributed by atoms with E-state index in [1.54, 1.807) is 49.6 Å². The summed E-state index contributed by atoms with van der Waals surface area (Å²) in [5, 5.41) is 1.60. The van der Waals surface area contributed by atoms with Crippen molar-refractivity contribution in [2.24, 2.45) is 0 Å². The number of fused-ring (bicyclic) bond motifs is 1. The van der Waals surface area contributed by atoms with Crippen molar-refractivity contribution in [2.45, 2.75) is 6.92 Å². The SMILES string of the molecule is Cc1cccc(Oc2ccc(N)c3ccncc23)c1F. The van der Waals surface area contributed by atoms with Crippen LogP contribution in [0.25, 0.3) is 10.8 Å². The molecule has 1 heterocycles. The minimum atomic E-state index is -0.360. The molecule has 0 atom stereocenters. The van der Waals surface area contributed by atoms with Crippen LogP contribution in [0.2, 0.25) is 0 Å². The van der Waals surface area contributed by atoms with Gasteiger partial charge in [-0.05, 0) is 36.8 Å². The van der Waals surface area contributed by atoms with Crippen molar-refractivity contribution >= 4 is 16.5 Å². The van der Waals surface area contributed by atoms with Crippen LogP contribution in [0, 0.1) is 12.7 Å². The molecule has 3 rings (SSSR count). The van der Waals surface area contributed by atoms with Gasteiger partial charge < -0.3 is 10.5 Å². The number of ether oxygens (including phenoxy) is 1. The lowest BCUT2D eigenvalue weighted by atomic mass is 10.1. The summed E-state index contributed by atoms with van der Waals surface area (Å²) in [6.07, 6.45) is 3.32. The summed E-state index contributed by atoms with van der Waals surface area (Å²) < 4.78 is 19.7. The average Bonchev–Trinajstić information content (AvgIpc) is 2.47. The van der Waals surface area contributed by atoms with Gasteiger partial charge in [-0.2, -0.15) is 0 Å². The first kappa shape index (κ1) is 12.4. The number of rotatable bonds is 2. The standard InChI is InChI=1S/C16H13FN2O/c1-10-3-2-4-15(16(10)17)20-14-6-5-13(18)11-7-8-19-9-12(11)14/h2-9H,18H2,1H3. The van der Waals surface area contributed by atoms with E-state index >= 15 is 0 Å². The smallest absolute Gasteiger partial charge is 0.168 e. The largest absolute Gasteiger partial charge is 0.454 e. The lowest BCUT2D eigenvalue weighted by molar-refractivity contribution is 0.444. The van der Waals surface area contributed by atoms with Gasteiger partial charge in [0.15, 0.2) is 11.6 Å². The van der Waals surface area contributed by atoms with E-state index in [1.165, 1.54) is 0 Å². The first-order chi connectivity index (χ1) is 9.66. The van der Waals surface area contributed by atoms with E-state index < -0.39 is 0 Å². The predicted molar refractivity (Wildman–Crippen MR) is 77.4 cm³/mol. The normalized spacial score (nSPS) is 10.7. The molecule has 0 unspecified atom stereocenters. The molecule has 0 saturated carbocycles. The topological polar surface area (TPSA) is 48.1 Å². The summed E-state index contributed by atoms with van der Waals surface area (Å²) in [6.45, 7) is 1.70. The number of aromatic nitrogens is 1. The number of halogens is 1. The minimum absolute atomic E-state index is 0.194. The van der Waals surface area contributed by atoms with Crippen molar-refractivity contribution in [1.29, 1.82) is 0 Å². The summed E-state index contributed by atoms with van der Waals surface area (Å²) in [4.78, 5) is 4.07. The number of nitrogens with two attached hydrogens (primary N) is 1. The van der Waals surface area contributed by atoms with Crippen molar-refractivity contribution in [3.8, 4) is 11.5 Å². The molecule has 0 aliphatic heterocycles. The van der Waals surface area contributed by atoms with Gasteiger partial charge in [0.25, 0.3) is 0 Å². The molecule has 3 aromatic rings. The summed E-state index contributed by atoms with van der Waals surface area (Å²) in [5.41, 5.74) is 7.10. The van der Waals surface area contributed by atoms with Crippen LogP contribution in [-0.2, 0) is 0 Å². The Bertz CT molecular complexity index is 787. The number of nitrogens with zero attached hydrogens (tertiary/aromatic N) is 1. The third kappa shape index (κ3) is 2.05. The molecule has 100 valence electrons. The quantitative estimate of drug-likeness (QED) is 0.713. The van der Waals surface area contributed by atoms with Crippen molar-refractivity contribution in [3.05, 3.63) is 60.2 Å². The van der Waals surface area contributed by atoms with E-state index in [0.29, 0.717) is 17.0 Å². The molecule has 0 aliphatic rings. The molecule has 0 bridgehead atoms. The number of pyridine rings is 1. The number of nitrogen functional groups attached to an aromatic ring is 1. The molecule has 0 spiro atoms. The second kappa shape index (κ2) is 4.81. The van der Waals surface area contributed by atoms with Crippen LogP contribution in [0.1, 0.15) is 5.56 Å². The van der Waals surface area contributed by atoms with Crippen LogP contribution in [0.5, 0.6) is 11.5 Å². The highest BCUT2D eigenvalue weighted by atomic mass is 19.1. The molecule has 0 radical (unpaired) electrons. The van der Waals surface area contributed by atoms with Gasteiger partial charge in [0.2, 0.25) is 0 Å². The van der Waals surface area contributed by atoms with Crippen LogP contribution < -0.4 is 10.5 Å². The molecular weight excluding hydrogens is 255 g/mol. The van der Waals surface area contributed by atoms with Gasteiger partial charge in [0.1, 0.15) is 5.75 Å². The second-order valence-electron chi connectivity index (χ2n) is 4.56. The zero-order valence-electron chi connectivity index (χ0n) is 10.9. The lowest BCUT2D eigenvalue weighted by Gasteiger charge is -2.11. The molecule has 0 saturated heterocycles. The van der Waals surface area contributed by atoms with Gasteiger partial charge in [0.05, 0.1) is 0 Å². The highest BCUT2D eigenvalue weighted by Gasteiger charge is 2.10. The number of aryl methyl sites for hydroxylation is 1. The number of hydrogen-bond donors (Lipinski definition) is 1. The first-order valence-electron chi connectivity index (χ1n) is 6.22. The Labute approximate surface area is 115 Å². The fourth-order valence-corrected chi connectivity index (χ4v) is 2.09. The number of hydrogen-bond acceptors (Lipinski definition) is 3. The fourth-order valence-electron chi connectivity index (χ4n) is 2.09. The number of anilines is 1. The molecular formula is C16H13FN2O. The van der Waals surface area contributed by atoms with E-state index in [9.17, 15) is 4.39 Å². The Hall–Kier alpha value is -2.62. The van der Waals surface area contributed by atoms with Crippen LogP contribution in [0.15, 0.2) is 48.8 Å². The molecule has 3 nitrogen and oxygen atoms in total. The second-order valence-corrected chi connectivity index (χ2v) is 4.56. The van der Waals surface area contributed by atoms with E-state index in [4.69, 9.17) is 10.5 Å². The van der Waals surface area contributed by atoms with Gasteiger partial charge >= 0.3 is 0 Å². The van der Waals surface area contributed by atoms with Crippen molar-refractivity contribution in [1.82, 2.24) is 4.98 Å². The maximum atomic E-state index is 14.0. The van der Waals surface area contributed by atoms with E-state index in [0.717, 1.165) is 10.8 Å². The van der Waals surface area contributed by atoms with Crippen molar-refractivity contribution in [3.63, 3.8) is 0 Å². The zero-order chi connectivity index (χ0) is 14.1. The van der Waals surface area contributed by atoms with Crippen LogP contribution >= 0.6 is 0 Å². The Kier molecular flexibility index (Phi) is 2.99. The zero-order valence-corrected chi connectivity index (χ0v) is 10.9. The molecule has 0 aliphatic carbocycles. The van der Waals surface area contributed by atoms with Gasteiger partial charge in [-0.3, -0.25) is 4.98 Å². The number of benzene rings is 2. The van der Waals surface area contributed by atoms with E-state index in [-0.39, 0.29) is 11.6 Å². The maximum Gasteiger partial charge on any atom is 0.168 e. The van der Waals surface area contributed by atoms with Crippen LogP contribution in [0.4, 0.5) is 10.1 Å². The predicted octanol–water partition coefficient (Wildman–Crippen LogP) is 4.06. The molecule has 1 aromatic heterocycles. The van der Waals surface area contributed by atoms with E-state index in [1.807, 2.05) is 6.07 Å². The third-order valence-electron chi connectivity index (χ3n) is 3.19.